The fourth-order valence-electron chi connectivity index (χ4n) is 0.560. The molecule has 0 fully saturated rings. The monoisotopic (exact) mass is 149 g/mol. The third-order valence-corrected chi connectivity index (χ3v) is 1.68. The molecule has 0 amide bonds. The molecule has 1 unspecified atom stereocenters. The Kier molecular flexibility index (Phi) is 6.55. The SMILES string of the molecule is CCC(C)NCCCCl. The molecule has 9 heavy (non-hydrogen) atoms. The van der Waals surface area contributed by atoms with Crippen LogP contribution in [-0.2, 0) is 0 Å². The van der Waals surface area contributed by atoms with Crippen LogP contribution in [-0.4, -0.2) is 18.5 Å². The van der Waals surface area contributed by atoms with E-state index in [2.05, 4.69) is 19.2 Å². The summed E-state index contributed by atoms with van der Waals surface area (Å²) in [5.74, 6) is 0.767. The number of nitrogens with one attached hydrogen (secondary N) is 1. The van der Waals surface area contributed by atoms with Crippen molar-refractivity contribution >= 4 is 11.6 Å². The van der Waals surface area contributed by atoms with E-state index in [9.17, 15) is 0 Å². The van der Waals surface area contributed by atoms with Gasteiger partial charge in [0.2, 0.25) is 0 Å². The van der Waals surface area contributed by atoms with Gasteiger partial charge in [-0.25, -0.2) is 0 Å². The van der Waals surface area contributed by atoms with Crippen molar-refractivity contribution in [1.29, 1.82) is 0 Å². The van der Waals surface area contributed by atoms with E-state index < -0.39 is 0 Å². The van der Waals surface area contributed by atoms with E-state index in [0.717, 1.165) is 18.8 Å². The summed E-state index contributed by atoms with van der Waals surface area (Å²) < 4.78 is 0. The molecule has 0 rings (SSSR count). The summed E-state index contributed by atoms with van der Waals surface area (Å²) in [5.41, 5.74) is 0. The van der Waals surface area contributed by atoms with Gasteiger partial charge < -0.3 is 5.32 Å². The zero-order chi connectivity index (χ0) is 7.11. The molecule has 1 nitrogen and oxygen atoms in total. The largest absolute Gasteiger partial charge is 0.314 e. The van der Waals surface area contributed by atoms with Crippen LogP contribution in [0.1, 0.15) is 26.7 Å². The van der Waals surface area contributed by atoms with Crippen LogP contribution < -0.4 is 5.32 Å². The highest BCUT2D eigenvalue weighted by Gasteiger charge is 1.93. The van der Waals surface area contributed by atoms with E-state index in [1.165, 1.54) is 6.42 Å². The molecule has 0 heterocycles. The van der Waals surface area contributed by atoms with Crippen molar-refractivity contribution in [2.45, 2.75) is 32.7 Å². The second-order valence-corrected chi connectivity index (χ2v) is 2.68. The van der Waals surface area contributed by atoms with Gasteiger partial charge in [-0.05, 0) is 26.3 Å². The van der Waals surface area contributed by atoms with Crippen LogP contribution in [0.5, 0.6) is 0 Å². The molecule has 1 N–H and O–H groups in total. The molecule has 0 saturated carbocycles. The fraction of sp³-hybridized carbons (Fsp3) is 1.00. The van der Waals surface area contributed by atoms with Crippen LogP contribution >= 0.6 is 11.6 Å². The van der Waals surface area contributed by atoms with Crippen molar-refractivity contribution in [3.63, 3.8) is 0 Å². The first-order valence-electron chi connectivity index (χ1n) is 3.60. The van der Waals surface area contributed by atoms with Gasteiger partial charge in [0.25, 0.3) is 0 Å². The van der Waals surface area contributed by atoms with Gasteiger partial charge in [0.05, 0.1) is 0 Å². The number of halogens is 1. The molecule has 0 aliphatic carbocycles. The Morgan fingerprint density at radius 3 is 2.67 bits per heavy atom. The van der Waals surface area contributed by atoms with Gasteiger partial charge in [0, 0.05) is 11.9 Å². The van der Waals surface area contributed by atoms with Crippen LogP contribution in [0.3, 0.4) is 0 Å². The van der Waals surface area contributed by atoms with E-state index in [-0.39, 0.29) is 0 Å². The maximum absolute atomic E-state index is 5.49. The normalized spacial score (nSPS) is 13.7. The van der Waals surface area contributed by atoms with E-state index in [0.29, 0.717) is 6.04 Å². The minimum absolute atomic E-state index is 0.646. The second kappa shape index (κ2) is 6.37. The van der Waals surface area contributed by atoms with Gasteiger partial charge in [-0.2, -0.15) is 0 Å². The third kappa shape index (κ3) is 6.13. The summed E-state index contributed by atoms with van der Waals surface area (Å²) in [4.78, 5) is 0. The number of hydrogen-bond donors (Lipinski definition) is 1. The molecule has 0 aromatic heterocycles. The highest BCUT2D eigenvalue weighted by molar-refractivity contribution is 6.17. The van der Waals surface area contributed by atoms with Crippen LogP contribution in [0.4, 0.5) is 0 Å². The lowest BCUT2D eigenvalue weighted by Gasteiger charge is -2.08. The summed E-state index contributed by atoms with van der Waals surface area (Å²) in [6.45, 7) is 5.42. The molecule has 56 valence electrons. The van der Waals surface area contributed by atoms with E-state index >= 15 is 0 Å². The predicted octanol–water partition coefficient (Wildman–Crippen LogP) is 2.00. The van der Waals surface area contributed by atoms with Crippen molar-refractivity contribution in [1.82, 2.24) is 5.32 Å². The number of rotatable bonds is 5. The summed E-state index contributed by atoms with van der Waals surface area (Å²) >= 11 is 5.49. The quantitative estimate of drug-likeness (QED) is 0.466. The minimum Gasteiger partial charge on any atom is -0.314 e. The van der Waals surface area contributed by atoms with Gasteiger partial charge in [-0.1, -0.05) is 6.92 Å². The minimum atomic E-state index is 0.646. The molecule has 0 radical (unpaired) electrons. The Morgan fingerprint density at radius 1 is 1.56 bits per heavy atom. The molecule has 0 saturated heterocycles. The molecule has 0 spiro atoms. The van der Waals surface area contributed by atoms with Gasteiger partial charge in [-0.15, -0.1) is 11.6 Å². The summed E-state index contributed by atoms with van der Waals surface area (Å²) in [6.07, 6.45) is 2.27. The van der Waals surface area contributed by atoms with E-state index in [1.807, 2.05) is 0 Å². The first kappa shape index (κ1) is 9.25. The average molecular weight is 150 g/mol. The van der Waals surface area contributed by atoms with Crippen LogP contribution in [0.15, 0.2) is 0 Å². The molecule has 0 aliphatic heterocycles. The highest BCUT2D eigenvalue weighted by atomic mass is 35.5. The van der Waals surface area contributed by atoms with E-state index in [1.54, 1.807) is 0 Å². The summed E-state index contributed by atoms with van der Waals surface area (Å²) in [6, 6.07) is 0.646. The Balaban J connectivity index is 2.88. The Hall–Kier alpha value is 0.250. The zero-order valence-corrected chi connectivity index (χ0v) is 7.04. The van der Waals surface area contributed by atoms with Gasteiger partial charge in [-0.3, -0.25) is 0 Å². The first-order chi connectivity index (χ1) is 4.31. The molecule has 0 aliphatic rings. The standard InChI is InChI=1S/C7H16ClN/c1-3-7(2)9-6-4-5-8/h7,9H,3-6H2,1-2H3. The highest BCUT2D eigenvalue weighted by Crippen LogP contribution is 1.88. The maximum Gasteiger partial charge on any atom is 0.0235 e. The van der Waals surface area contributed by atoms with Crippen molar-refractivity contribution in [3.05, 3.63) is 0 Å². The van der Waals surface area contributed by atoms with Crippen LogP contribution in [0, 0.1) is 0 Å². The van der Waals surface area contributed by atoms with Crippen molar-refractivity contribution < 1.29 is 0 Å². The molecule has 2 heteroatoms. The summed E-state index contributed by atoms with van der Waals surface area (Å²) in [5, 5.41) is 3.35. The topological polar surface area (TPSA) is 12.0 Å². The average Bonchev–Trinajstić information content (AvgIpc) is 1.89. The van der Waals surface area contributed by atoms with Crippen molar-refractivity contribution in [2.75, 3.05) is 12.4 Å². The lowest BCUT2D eigenvalue weighted by atomic mass is 10.2. The van der Waals surface area contributed by atoms with Crippen LogP contribution in [0.25, 0.3) is 0 Å². The van der Waals surface area contributed by atoms with Crippen molar-refractivity contribution in [3.8, 4) is 0 Å². The fourth-order valence-corrected chi connectivity index (χ4v) is 0.693. The molecule has 0 bridgehead atoms. The first-order valence-corrected chi connectivity index (χ1v) is 4.14. The van der Waals surface area contributed by atoms with Crippen molar-refractivity contribution in [2.24, 2.45) is 0 Å². The van der Waals surface area contributed by atoms with Gasteiger partial charge >= 0.3 is 0 Å². The molecule has 0 aromatic rings. The number of alkyl halides is 1. The van der Waals surface area contributed by atoms with Gasteiger partial charge in [0.1, 0.15) is 0 Å². The Morgan fingerprint density at radius 2 is 2.22 bits per heavy atom. The predicted molar refractivity (Wildman–Crippen MR) is 43.1 cm³/mol. The van der Waals surface area contributed by atoms with Crippen LogP contribution in [0.2, 0.25) is 0 Å². The zero-order valence-electron chi connectivity index (χ0n) is 6.28. The molecular weight excluding hydrogens is 134 g/mol. The Bertz CT molecular complexity index is 56.9. The molecular formula is C7H16ClN. The third-order valence-electron chi connectivity index (χ3n) is 1.42. The second-order valence-electron chi connectivity index (χ2n) is 2.31. The van der Waals surface area contributed by atoms with Gasteiger partial charge in [0.15, 0.2) is 0 Å². The smallest absolute Gasteiger partial charge is 0.0235 e. The molecule has 0 aromatic carbocycles. The maximum atomic E-state index is 5.49. The van der Waals surface area contributed by atoms with E-state index in [4.69, 9.17) is 11.6 Å². The number of hydrogen-bond acceptors (Lipinski definition) is 1. The lowest BCUT2D eigenvalue weighted by molar-refractivity contribution is 0.534. The molecule has 1 atom stereocenters. The Labute approximate surface area is 62.8 Å². The summed E-state index contributed by atoms with van der Waals surface area (Å²) in [7, 11) is 0. The lowest BCUT2D eigenvalue weighted by Crippen LogP contribution is -2.26.